The third-order valence-electron chi connectivity index (χ3n) is 3.49. The molecule has 3 nitrogen and oxygen atoms in total. The molecule has 1 amide bonds. The summed E-state index contributed by atoms with van der Waals surface area (Å²) in [6.45, 7) is 4.33. The first-order chi connectivity index (χ1) is 8.75. The van der Waals surface area contributed by atoms with E-state index in [-0.39, 0.29) is 12.0 Å². The molecule has 18 heavy (non-hydrogen) atoms. The maximum Gasteiger partial charge on any atom is 0.409 e. The normalized spacial score (nSPS) is 21.1. The first-order valence-electron chi connectivity index (χ1n) is 6.69. The van der Waals surface area contributed by atoms with Crippen LogP contribution >= 0.6 is 0 Å². The Morgan fingerprint density at radius 2 is 1.78 bits per heavy atom. The largest absolute Gasteiger partial charge is 0.448 e. The van der Waals surface area contributed by atoms with Crippen molar-refractivity contribution in [2.45, 2.75) is 19.8 Å². The topological polar surface area (TPSA) is 29.5 Å². The Kier molecular flexibility index (Phi) is 4.62. The summed E-state index contributed by atoms with van der Waals surface area (Å²) >= 11 is 0. The Morgan fingerprint density at radius 1 is 1.17 bits per heavy atom. The molecule has 0 aromatic rings. The van der Waals surface area contributed by atoms with Gasteiger partial charge in [-0.05, 0) is 18.8 Å². The molecule has 0 spiro atoms. The molecule has 0 saturated carbocycles. The number of amides is 1. The Morgan fingerprint density at radius 3 is 2.39 bits per heavy atom. The van der Waals surface area contributed by atoms with Crippen molar-refractivity contribution < 1.29 is 9.53 Å². The van der Waals surface area contributed by atoms with Crippen LogP contribution in [0.15, 0.2) is 36.5 Å². The molecule has 1 aliphatic heterocycles. The van der Waals surface area contributed by atoms with Crippen LogP contribution < -0.4 is 0 Å². The number of carbonyl (C=O) groups is 1. The Hall–Kier alpha value is -1.51. The van der Waals surface area contributed by atoms with Gasteiger partial charge in [-0.3, -0.25) is 0 Å². The predicted octanol–water partition coefficient (Wildman–Crippen LogP) is 3.15. The van der Waals surface area contributed by atoms with E-state index in [1.807, 2.05) is 41.4 Å². The van der Waals surface area contributed by atoms with Crippen molar-refractivity contribution in [1.82, 2.24) is 4.90 Å². The van der Waals surface area contributed by atoms with Gasteiger partial charge in [-0.15, -0.1) is 0 Å². The predicted molar refractivity (Wildman–Crippen MR) is 72.2 cm³/mol. The first-order valence-corrected chi connectivity index (χ1v) is 6.69. The molecule has 98 valence electrons. The molecule has 0 aromatic heterocycles. The van der Waals surface area contributed by atoms with Crippen LogP contribution in [0.4, 0.5) is 4.79 Å². The second-order valence-corrected chi connectivity index (χ2v) is 5.07. The van der Waals surface area contributed by atoms with Crippen LogP contribution in [0, 0.1) is 11.8 Å². The van der Waals surface area contributed by atoms with E-state index in [0.29, 0.717) is 6.61 Å². The van der Waals surface area contributed by atoms with Crippen LogP contribution in [-0.4, -0.2) is 30.7 Å². The monoisotopic (exact) mass is 247 g/mol. The zero-order chi connectivity index (χ0) is 12.8. The summed E-state index contributed by atoms with van der Waals surface area (Å²) in [5.74, 6) is 0.917. The number of hydrogen-bond donors (Lipinski definition) is 0. The fraction of sp³-hybridized carbons (Fsp3) is 0.533. The van der Waals surface area contributed by atoms with Gasteiger partial charge in [0.15, 0.2) is 0 Å². The molecule has 1 saturated heterocycles. The summed E-state index contributed by atoms with van der Waals surface area (Å²) < 4.78 is 5.37. The number of rotatable bonds is 2. The van der Waals surface area contributed by atoms with Crippen LogP contribution in [0.3, 0.4) is 0 Å². The van der Waals surface area contributed by atoms with Crippen LogP contribution in [0.25, 0.3) is 0 Å². The summed E-state index contributed by atoms with van der Waals surface area (Å²) in [5, 5.41) is 0. The second kappa shape index (κ2) is 6.43. The van der Waals surface area contributed by atoms with E-state index in [2.05, 4.69) is 6.92 Å². The maximum absolute atomic E-state index is 11.9. The van der Waals surface area contributed by atoms with Gasteiger partial charge in [0.1, 0.15) is 6.61 Å². The summed E-state index contributed by atoms with van der Waals surface area (Å²) in [7, 11) is 0. The van der Waals surface area contributed by atoms with Gasteiger partial charge in [-0.2, -0.15) is 0 Å². The smallest absolute Gasteiger partial charge is 0.409 e. The summed E-state index contributed by atoms with van der Waals surface area (Å²) in [6.07, 6.45) is 14.0. The number of likely N-dealkylation sites (tertiary alicyclic amines) is 1. The molecular formula is C15H21NO2. The quantitative estimate of drug-likeness (QED) is 0.750. The molecule has 0 N–H and O–H groups in total. The van der Waals surface area contributed by atoms with Crippen molar-refractivity contribution in [3.63, 3.8) is 0 Å². The molecule has 0 unspecified atom stereocenters. The van der Waals surface area contributed by atoms with E-state index in [4.69, 9.17) is 4.74 Å². The molecular weight excluding hydrogens is 226 g/mol. The SMILES string of the molecule is CC1CCN(C(=O)OCC2C=CC=CC=C2)CC1. The molecule has 0 atom stereocenters. The molecule has 1 aliphatic carbocycles. The number of carbonyl (C=O) groups excluding carboxylic acids is 1. The van der Waals surface area contributed by atoms with Crippen molar-refractivity contribution in [2.75, 3.05) is 19.7 Å². The lowest BCUT2D eigenvalue weighted by Gasteiger charge is -2.29. The Bertz CT molecular complexity index is 347. The van der Waals surface area contributed by atoms with Crippen LogP contribution in [0.2, 0.25) is 0 Å². The van der Waals surface area contributed by atoms with Gasteiger partial charge in [-0.1, -0.05) is 43.4 Å². The van der Waals surface area contributed by atoms with Gasteiger partial charge in [0, 0.05) is 19.0 Å². The van der Waals surface area contributed by atoms with Crippen molar-refractivity contribution in [2.24, 2.45) is 11.8 Å². The number of nitrogens with zero attached hydrogens (tertiary/aromatic N) is 1. The van der Waals surface area contributed by atoms with Gasteiger partial charge in [0.25, 0.3) is 0 Å². The molecule has 1 fully saturated rings. The van der Waals surface area contributed by atoms with Crippen molar-refractivity contribution in [3.8, 4) is 0 Å². The molecule has 0 radical (unpaired) electrons. The lowest BCUT2D eigenvalue weighted by atomic mass is 10.00. The minimum atomic E-state index is -0.166. The van der Waals surface area contributed by atoms with Crippen molar-refractivity contribution in [3.05, 3.63) is 36.5 Å². The maximum atomic E-state index is 11.9. The van der Waals surface area contributed by atoms with Crippen LogP contribution in [0.1, 0.15) is 19.8 Å². The highest BCUT2D eigenvalue weighted by molar-refractivity contribution is 5.67. The molecule has 2 rings (SSSR count). The summed E-state index contributed by atoms with van der Waals surface area (Å²) in [5.41, 5.74) is 0. The molecule has 2 aliphatic rings. The second-order valence-electron chi connectivity index (χ2n) is 5.07. The van der Waals surface area contributed by atoms with Gasteiger partial charge in [0.2, 0.25) is 0 Å². The van der Waals surface area contributed by atoms with Gasteiger partial charge < -0.3 is 9.64 Å². The molecule has 3 heteroatoms. The average molecular weight is 247 g/mol. The van der Waals surface area contributed by atoms with E-state index in [1.54, 1.807) is 0 Å². The third-order valence-corrected chi connectivity index (χ3v) is 3.49. The minimum absolute atomic E-state index is 0.166. The van der Waals surface area contributed by atoms with E-state index >= 15 is 0 Å². The number of hydrogen-bond acceptors (Lipinski definition) is 2. The van der Waals surface area contributed by atoms with E-state index < -0.39 is 0 Å². The fourth-order valence-electron chi connectivity index (χ4n) is 2.17. The van der Waals surface area contributed by atoms with Crippen molar-refractivity contribution in [1.29, 1.82) is 0 Å². The van der Waals surface area contributed by atoms with Crippen LogP contribution in [0.5, 0.6) is 0 Å². The van der Waals surface area contributed by atoms with Crippen LogP contribution in [-0.2, 0) is 4.74 Å². The lowest BCUT2D eigenvalue weighted by Crippen LogP contribution is -2.38. The highest BCUT2D eigenvalue weighted by Crippen LogP contribution is 2.17. The molecule has 0 bridgehead atoms. The summed E-state index contributed by atoms with van der Waals surface area (Å²) in [4.78, 5) is 13.7. The van der Waals surface area contributed by atoms with Gasteiger partial charge in [0.05, 0.1) is 0 Å². The molecule has 0 aromatic carbocycles. The highest BCUT2D eigenvalue weighted by atomic mass is 16.6. The van der Waals surface area contributed by atoms with E-state index in [1.165, 1.54) is 0 Å². The van der Waals surface area contributed by atoms with Gasteiger partial charge >= 0.3 is 6.09 Å². The average Bonchev–Trinajstić information content (AvgIpc) is 2.65. The molecule has 1 heterocycles. The third kappa shape index (κ3) is 3.76. The lowest BCUT2D eigenvalue weighted by molar-refractivity contribution is 0.0852. The zero-order valence-corrected chi connectivity index (χ0v) is 10.9. The van der Waals surface area contributed by atoms with Gasteiger partial charge in [-0.25, -0.2) is 4.79 Å². The Labute approximate surface area is 109 Å². The zero-order valence-electron chi connectivity index (χ0n) is 10.9. The first kappa shape index (κ1) is 12.9. The Balaban J connectivity index is 1.74. The standard InChI is InChI=1S/C15H21NO2/c1-13-8-10-16(11-9-13)15(17)18-12-14-6-4-2-3-5-7-14/h2-7,13-14H,8-12H2,1H3. The highest BCUT2D eigenvalue weighted by Gasteiger charge is 2.21. The summed E-state index contributed by atoms with van der Waals surface area (Å²) in [6, 6.07) is 0. The minimum Gasteiger partial charge on any atom is -0.448 e. The van der Waals surface area contributed by atoms with E-state index in [0.717, 1.165) is 31.8 Å². The number of piperidine rings is 1. The van der Waals surface area contributed by atoms with E-state index in [9.17, 15) is 4.79 Å². The number of allylic oxidation sites excluding steroid dienone is 4. The van der Waals surface area contributed by atoms with Crippen molar-refractivity contribution >= 4 is 6.09 Å². The number of ether oxygens (including phenoxy) is 1. The fourth-order valence-corrected chi connectivity index (χ4v) is 2.17.